The van der Waals surface area contributed by atoms with Gasteiger partial charge in [-0.3, -0.25) is 19.3 Å². The Bertz CT molecular complexity index is 1310. The van der Waals surface area contributed by atoms with Crippen LogP contribution in [0.4, 0.5) is 8.78 Å². The molecular formula is C37H57F2N5O3. The molecule has 8 nitrogen and oxygen atoms in total. The minimum atomic E-state index is -0.698. The van der Waals surface area contributed by atoms with Gasteiger partial charge in [0.1, 0.15) is 17.7 Å². The maximum atomic E-state index is 15.3. The largest absolute Gasteiger partial charge is 0.338 e. The third-order valence-corrected chi connectivity index (χ3v) is 11.3. The molecule has 262 valence electrons. The van der Waals surface area contributed by atoms with Crippen molar-refractivity contribution >= 4 is 17.7 Å². The number of hydrogen-bond donors (Lipinski definition) is 0. The summed E-state index contributed by atoms with van der Waals surface area (Å²) in [5.41, 5.74) is -0.558. The number of amides is 3. The lowest BCUT2D eigenvalue weighted by molar-refractivity contribution is -0.147. The van der Waals surface area contributed by atoms with E-state index in [1.165, 1.54) is 12.1 Å². The number of nitrogens with zero attached hydrogens (tertiary/aromatic N) is 5. The van der Waals surface area contributed by atoms with Crippen LogP contribution in [-0.2, 0) is 14.4 Å². The number of carbonyl (C=O) groups is 3. The van der Waals surface area contributed by atoms with Crippen LogP contribution in [0.15, 0.2) is 18.2 Å². The number of likely N-dealkylation sites (tertiary alicyclic amines) is 2. The van der Waals surface area contributed by atoms with E-state index in [0.717, 1.165) is 44.8 Å². The molecule has 3 saturated heterocycles. The van der Waals surface area contributed by atoms with E-state index in [9.17, 15) is 18.8 Å². The quantitative estimate of drug-likeness (QED) is 0.448. The highest BCUT2D eigenvalue weighted by atomic mass is 19.1. The zero-order valence-corrected chi connectivity index (χ0v) is 29.9. The highest BCUT2D eigenvalue weighted by Crippen LogP contribution is 2.41. The number of carbonyl (C=O) groups excluding carboxylic acids is 3. The van der Waals surface area contributed by atoms with Crippen LogP contribution in [0.1, 0.15) is 92.1 Å². The minimum Gasteiger partial charge on any atom is -0.338 e. The second-order valence-corrected chi connectivity index (χ2v) is 16.9. The van der Waals surface area contributed by atoms with Crippen LogP contribution in [-0.4, -0.2) is 119 Å². The number of piperazine rings is 1. The van der Waals surface area contributed by atoms with E-state index in [4.69, 9.17) is 0 Å². The van der Waals surface area contributed by atoms with Crippen molar-refractivity contribution in [2.24, 2.45) is 17.3 Å². The van der Waals surface area contributed by atoms with Crippen LogP contribution >= 0.6 is 0 Å². The summed E-state index contributed by atoms with van der Waals surface area (Å²) in [5, 5.41) is 0. The summed E-state index contributed by atoms with van der Waals surface area (Å²) in [6.45, 7) is 18.2. The molecule has 0 bridgehead atoms. The van der Waals surface area contributed by atoms with Crippen molar-refractivity contribution in [1.82, 2.24) is 24.5 Å². The maximum absolute atomic E-state index is 15.3. The summed E-state index contributed by atoms with van der Waals surface area (Å²) in [4.78, 5) is 53.5. The van der Waals surface area contributed by atoms with Crippen LogP contribution in [0.3, 0.4) is 0 Å². The van der Waals surface area contributed by atoms with Crippen LogP contribution in [0.5, 0.6) is 0 Å². The highest BCUT2D eigenvalue weighted by Gasteiger charge is 2.52. The number of likely N-dealkylation sites (N-methyl/N-ethyl adjacent to an activating group) is 1. The monoisotopic (exact) mass is 657 g/mol. The van der Waals surface area contributed by atoms with E-state index in [1.807, 2.05) is 32.7 Å². The summed E-state index contributed by atoms with van der Waals surface area (Å²) in [6, 6.07) is 2.70. The van der Waals surface area contributed by atoms with Crippen molar-refractivity contribution in [2.45, 2.75) is 110 Å². The Morgan fingerprint density at radius 1 is 0.830 bits per heavy atom. The van der Waals surface area contributed by atoms with E-state index in [0.29, 0.717) is 44.1 Å². The predicted molar refractivity (Wildman–Crippen MR) is 180 cm³/mol. The van der Waals surface area contributed by atoms with Gasteiger partial charge in [0.15, 0.2) is 0 Å². The zero-order valence-electron chi connectivity index (χ0n) is 29.9. The molecule has 1 aromatic rings. The number of benzene rings is 1. The summed E-state index contributed by atoms with van der Waals surface area (Å²) in [5.74, 6) is -1.98. The second-order valence-electron chi connectivity index (χ2n) is 16.9. The molecule has 10 heteroatoms. The van der Waals surface area contributed by atoms with Gasteiger partial charge in [-0.05, 0) is 77.5 Å². The van der Waals surface area contributed by atoms with Crippen molar-refractivity contribution in [2.75, 3.05) is 52.9 Å². The smallest absolute Gasteiger partial charge is 0.245 e. The SMILES string of the molecule is CN1CCN(C(=O)[C@H]2C[C@H](N(C(=O)C(C)(C)C)[C@H]3CC[C@@H](C)CC3)CN2C(=O)[C@@H]2CN(C(C)(C)C)C[C@H]2c2ccc(F)cc2F)CC1. The van der Waals surface area contributed by atoms with Gasteiger partial charge < -0.3 is 19.6 Å². The van der Waals surface area contributed by atoms with Gasteiger partial charge in [-0.25, -0.2) is 8.78 Å². The summed E-state index contributed by atoms with van der Waals surface area (Å²) >= 11 is 0. The first-order valence-electron chi connectivity index (χ1n) is 17.8. The van der Waals surface area contributed by atoms with Crippen molar-refractivity contribution in [3.8, 4) is 0 Å². The first-order valence-corrected chi connectivity index (χ1v) is 17.8. The fraction of sp³-hybridized carbons (Fsp3) is 0.757. The fourth-order valence-corrected chi connectivity index (χ4v) is 8.20. The van der Waals surface area contributed by atoms with Gasteiger partial charge in [-0.2, -0.15) is 0 Å². The van der Waals surface area contributed by atoms with Crippen LogP contribution in [0.2, 0.25) is 0 Å². The predicted octanol–water partition coefficient (Wildman–Crippen LogP) is 4.98. The molecule has 4 atom stereocenters. The maximum Gasteiger partial charge on any atom is 0.245 e. The molecule has 0 unspecified atom stereocenters. The molecular weight excluding hydrogens is 600 g/mol. The molecule has 3 amide bonds. The van der Waals surface area contributed by atoms with E-state index >= 15 is 4.39 Å². The lowest BCUT2D eigenvalue weighted by Gasteiger charge is -2.42. The Hall–Kier alpha value is -2.59. The van der Waals surface area contributed by atoms with Gasteiger partial charge in [0.05, 0.1) is 12.0 Å². The van der Waals surface area contributed by atoms with Gasteiger partial charge in [0.2, 0.25) is 17.7 Å². The molecule has 1 saturated carbocycles. The molecule has 1 aromatic carbocycles. The molecule has 1 aliphatic carbocycles. The van der Waals surface area contributed by atoms with E-state index in [2.05, 4.69) is 42.4 Å². The number of halogens is 2. The first-order chi connectivity index (χ1) is 22.0. The van der Waals surface area contributed by atoms with Crippen LogP contribution in [0, 0.1) is 28.9 Å². The summed E-state index contributed by atoms with van der Waals surface area (Å²) in [7, 11) is 2.04. The summed E-state index contributed by atoms with van der Waals surface area (Å²) < 4.78 is 29.3. The van der Waals surface area contributed by atoms with Gasteiger partial charge >= 0.3 is 0 Å². The molecule has 5 rings (SSSR count). The van der Waals surface area contributed by atoms with Crippen molar-refractivity contribution in [3.05, 3.63) is 35.4 Å². The lowest BCUT2D eigenvalue weighted by atomic mass is 9.84. The Kier molecular flexibility index (Phi) is 10.4. The number of hydrogen-bond acceptors (Lipinski definition) is 5. The Balaban J connectivity index is 1.51. The number of rotatable bonds is 5. The minimum absolute atomic E-state index is 0.0631. The Labute approximate surface area is 280 Å². The Morgan fingerprint density at radius 3 is 2.04 bits per heavy atom. The second kappa shape index (κ2) is 13.7. The molecule has 0 aromatic heterocycles. The van der Waals surface area contributed by atoms with Crippen molar-refractivity contribution in [1.29, 1.82) is 0 Å². The third kappa shape index (κ3) is 7.69. The highest BCUT2D eigenvalue weighted by molar-refractivity contribution is 5.91. The summed E-state index contributed by atoms with van der Waals surface area (Å²) in [6.07, 6.45) is 4.33. The molecule has 47 heavy (non-hydrogen) atoms. The zero-order chi connectivity index (χ0) is 34.4. The van der Waals surface area contributed by atoms with Gasteiger partial charge in [0, 0.05) is 74.8 Å². The average molecular weight is 658 g/mol. The topological polar surface area (TPSA) is 67.4 Å². The van der Waals surface area contributed by atoms with Crippen molar-refractivity contribution in [3.63, 3.8) is 0 Å². The average Bonchev–Trinajstić information content (AvgIpc) is 3.63. The van der Waals surface area contributed by atoms with Gasteiger partial charge in [0.25, 0.3) is 0 Å². The normalized spacial score (nSPS) is 29.7. The lowest BCUT2D eigenvalue weighted by Crippen LogP contribution is -2.54. The molecule has 0 N–H and O–H groups in total. The molecule has 4 aliphatic rings. The molecule has 4 fully saturated rings. The molecule has 0 spiro atoms. The van der Waals surface area contributed by atoms with E-state index in [1.54, 1.807) is 4.90 Å². The standard InChI is InChI=1S/C37H57F2N5O3/c1-24-9-12-26(13-10-24)44(35(47)36(2,3)4)27-20-32(34(46)41-17-15-40(8)16-18-41)43(21-27)33(45)30-23-42(37(5,6)7)22-29(30)28-14-11-25(38)19-31(28)39/h11,14,19,24,26-27,29-30,32H,9-10,12-13,15-18,20-23H2,1-8H3/t24-,26+,27-,29-,30+,32+/m0/s1. The Morgan fingerprint density at radius 2 is 1.47 bits per heavy atom. The third-order valence-electron chi connectivity index (χ3n) is 11.3. The first kappa shape index (κ1) is 35.7. The molecule has 3 aliphatic heterocycles. The van der Waals surface area contributed by atoms with Gasteiger partial charge in [-0.15, -0.1) is 0 Å². The van der Waals surface area contributed by atoms with E-state index in [-0.39, 0.29) is 41.9 Å². The molecule has 0 radical (unpaired) electrons. The van der Waals surface area contributed by atoms with Gasteiger partial charge in [-0.1, -0.05) is 33.8 Å². The van der Waals surface area contributed by atoms with E-state index < -0.39 is 34.9 Å². The van der Waals surface area contributed by atoms with Crippen LogP contribution < -0.4 is 0 Å². The van der Waals surface area contributed by atoms with Crippen molar-refractivity contribution < 1.29 is 23.2 Å². The molecule has 3 heterocycles. The fourth-order valence-electron chi connectivity index (χ4n) is 8.20. The van der Waals surface area contributed by atoms with Crippen LogP contribution in [0.25, 0.3) is 0 Å².